The van der Waals surface area contributed by atoms with E-state index in [-0.39, 0.29) is 11.8 Å². The Balaban J connectivity index is 1.98. The summed E-state index contributed by atoms with van der Waals surface area (Å²) in [5, 5.41) is 1.18. The summed E-state index contributed by atoms with van der Waals surface area (Å²) in [5.41, 5.74) is 7.88. The zero-order valence-corrected chi connectivity index (χ0v) is 10.1. The first-order chi connectivity index (χ1) is 8.18. The number of para-hydroxylation sites is 1. The largest absolute Gasteiger partial charge is 0.361 e. The molecule has 0 aliphatic carbocycles. The molecule has 2 aromatic rings. The predicted molar refractivity (Wildman–Crippen MR) is 68.1 cm³/mol. The van der Waals surface area contributed by atoms with Crippen molar-refractivity contribution in [2.24, 2.45) is 5.92 Å². The van der Waals surface area contributed by atoms with Gasteiger partial charge >= 0.3 is 0 Å². The molecule has 1 heterocycles. The number of benzene rings is 1. The summed E-state index contributed by atoms with van der Waals surface area (Å²) in [6, 6.07) is 8.10. The van der Waals surface area contributed by atoms with Crippen molar-refractivity contribution < 1.29 is 4.79 Å². The fourth-order valence-corrected chi connectivity index (χ4v) is 1.65. The van der Waals surface area contributed by atoms with E-state index in [9.17, 15) is 4.79 Å². The normalized spacial score (nSPS) is 11.0. The van der Waals surface area contributed by atoms with E-state index in [0.717, 1.165) is 11.1 Å². The molecule has 90 valence electrons. The highest BCUT2D eigenvalue weighted by Gasteiger charge is 2.06. The number of aromatic amines is 1. The molecule has 1 aromatic heterocycles. The standard InChI is InChI=1S/C13H17N3O/c1-9(2)13(17)16-15-8-10-7-14-12-6-4-3-5-11(10)12/h3-7,9,14-15H,8H2,1-2H3,(H,16,17). The number of amides is 1. The third kappa shape index (κ3) is 2.65. The van der Waals surface area contributed by atoms with Crippen LogP contribution in [0.25, 0.3) is 10.9 Å². The maximum atomic E-state index is 11.4. The van der Waals surface area contributed by atoms with Crippen LogP contribution in [-0.2, 0) is 11.3 Å². The van der Waals surface area contributed by atoms with Crippen LogP contribution in [0.3, 0.4) is 0 Å². The van der Waals surface area contributed by atoms with Crippen molar-refractivity contribution in [2.45, 2.75) is 20.4 Å². The van der Waals surface area contributed by atoms with E-state index in [1.54, 1.807) is 0 Å². The molecule has 1 amide bonds. The highest BCUT2D eigenvalue weighted by atomic mass is 16.2. The quantitative estimate of drug-likeness (QED) is 0.704. The molecule has 1 aromatic carbocycles. The van der Waals surface area contributed by atoms with Crippen LogP contribution in [0.4, 0.5) is 0 Å². The molecule has 0 radical (unpaired) electrons. The minimum atomic E-state index is -0.00883. The monoisotopic (exact) mass is 231 g/mol. The number of hydrazine groups is 1. The van der Waals surface area contributed by atoms with E-state index in [1.807, 2.05) is 38.2 Å². The minimum Gasteiger partial charge on any atom is -0.361 e. The van der Waals surface area contributed by atoms with Crippen LogP contribution in [0.1, 0.15) is 19.4 Å². The smallest absolute Gasteiger partial charge is 0.236 e. The summed E-state index contributed by atoms with van der Waals surface area (Å²) in [7, 11) is 0. The second kappa shape index (κ2) is 5.01. The van der Waals surface area contributed by atoms with Crippen molar-refractivity contribution in [3.63, 3.8) is 0 Å². The molecular formula is C13H17N3O. The van der Waals surface area contributed by atoms with E-state index in [0.29, 0.717) is 6.54 Å². The third-order valence-electron chi connectivity index (χ3n) is 2.69. The van der Waals surface area contributed by atoms with E-state index in [2.05, 4.69) is 21.9 Å². The van der Waals surface area contributed by atoms with Gasteiger partial charge in [-0.3, -0.25) is 10.2 Å². The van der Waals surface area contributed by atoms with Gasteiger partial charge in [-0.15, -0.1) is 0 Å². The zero-order valence-electron chi connectivity index (χ0n) is 10.1. The second-order valence-corrected chi connectivity index (χ2v) is 4.36. The summed E-state index contributed by atoms with van der Waals surface area (Å²) < 4.78 is 0. The van der Waals surface area contributed by atoms with E-state index in [1.165, 1.54) is 5.39 Å². The van der Waals surface area contributed by atoms with Crippen LogP contribution in [0.15, 0.2) is 30.5 Å². The van der Waals surface area contributed by atoms with Gasteiger partial charge in [0.25, 0.3) is 0 Å². The molecule has 4 heteroatoms. The van der Waals surface area contributed by atoms with Crippen molar-refractivity contribution in [1.29, 1.82) is 0 Å². The molecule has 0 saturated carbocycles. The Labute approximate surface area is 100 Å². The van der Waals surface area contributed by atoms with Crippen LogP contribution >= 0.6 is 0 Å². The van der Waals surface area contributed by atoms with Gasteiger partial charge in [0, 0.05) is 29.6 Å². The Morgan fingerprint density at radius 2 is 2.12 bits per heavy atom. The molecule has 4 nitrogen and oxygen atoms in total. The Kier molecular flexibility index (Phi) is 3.44. The molecule has 0 aliphatic heterocycles. The van der Waals surface area contributed by atoms with E-state index < -0.39 is 0 Å². The molecule has 0 unspecified atom stereocenters. The first-order valence-corrected chi connectivity index (χ1v) is 5.76. The van der Waals surface area contributed by atoms with E-state index >= 15 is 0 Å². The number of carbonyl (C=O) groups is 1. The molecule has 3 N–H and O–H groups in total. The number of aromatic nitrogens is 1. The first kappa shape index (κ1) is 11.7. The highest BCUT2D eigenvalue weighted by molar-refractivity contribution is 5.83. The lowest BCUT2D eigenvalue weighted by Gasteiger charge is -2.08. The van der Waals surface area contributed by atoms with Gasteiger partial charge < -0.3 is 4.98 Å². The van der Waals surface area contributed by atoms with Gasteiger partial charge in [0.05, 0.1) is 0 Å². The Morgan fingerprint density at radius 3 is 2.88 bits per heavy atom. The molecule has 0 fully saturated rings. The lowest BCUT2D eigenvalue weighted by molar-refractivity contribution is -0.125. The molecular weight excluding hydrogens is 214 g/mol. The molecule has 0 spiro atoms. The molecule has 0 atom stereocenters. The van der Waals surface area contributed by atoms with Crippen LogP contribution in [0.2, 0.25) is 0 Å². The average molecular weight is 231 g/mol. The summed E-state index contributed by atoms with van der Waals surface area (Å²) in [4.78, 5) is 14.5. The summed E-state index contributed by atoms with van der Waals surface area (Å²) in [6.07, 6.45) is 1.96. The van der Waals surface area contributed by atoms with Crippen LogP contribution < -0.4 is 10.9 Å². The predicted octanol–water partition coefficient (Wildman–Crippen LogP) is 1.94. The zero-order chi connectivity index (χ0) is 12.3. The Morgan fingerprint density at radius 1 is 1.35 bits per heavy atom. The number of rotatable bonds is 4. The maximum Gasteiger partial charge on any atom is 0.236 e. The molecule has 17 heavy (non-hydrogen) atoms. The Bertz CT molecular complexity index is 516. The molecule has 2 rings (SSSR count). The van der Waals surface area contributed by atoms with Gasteiger partial charge in [-0.1, -0.05) is 32.0 Å². The summed E-state index contributed by atoms with van der Waals surface area (Å²) in [6.45, 7) is 4.34. The lowest BCUT2D eigenvalue weighted by atomic mass is 10.2. The number of carbonyl (C=O) groups excluding carboxylic acids is 1. The van der Waals surface area contributed by atoms with Gasteiger partial charge in [0.1, 0.15) is 0 Å². The average Bonchev–Trinajstić information content (AvgIpc) is 2.72. The van der Waals surface area contributed by atoms with Crippen LogP contribution in [-0.4, -0.2) is 10.9 Å². The SMILES string of the molecule is CC(C)C(=O)NNCc1c[nH]c2ccccc12. The van der Waals surface area contributed by atoms with Crippen molar-refractivity contribution in [1.82, 2.24) is 15.8 Å². The fourth-order valence-electron chi connectivity index (χ4n) is 1.65. The van der Waals surface area contributed by atoms with Gasteiger partial charge in [0.2, 0.25) is 5.91 Å². The lowest BCUT2D eigenvalue weighted by Crippen LogP contribution is -2.39. The molecule has 0 saturated heterocycles. The van der Waals surface area contributed by atoms with Gasteiger partial charge in [-0.25, -0.2) is 5.43 Å². The summed E-state index contributed by atoms with van der Waals surface area (Å²) >= 11 is 0. The minimum absolute atomic E-state index is 0.00448. The van der Waals surface area contributed by atoms with Gasteiger partial charge in [-0.2, -0.15) is 0 Å². The fraction of sp³-hybridized carbons (Fsp3) is 0.308. The Hall–Kier alpha value is -1.81. The number of hydrogen-bond donors (Lipinski definition) is 3. The van der Waals surface area contributed by atoms with Crippen molar-refractivity contribution in [2.75, 3.05) is 0 Å². The van der Waals surface area contributed by atoms with Gasteiger partial charge in [-0.05, 0) is 11.6 Å². The van der Waals surface area contributed by atoms with Crippen molar-refractivity contribution in [3.05, 3.63) is 36.0 Å². The van der Waals surface area contributed by atoms with Crippen LogP contribution in [0, 0.1) is 5.92 Å². The highest BCUT2D eigenvalue weighted by Crippen LogP contribution is 2.16. The molecule has 0 aliphatic rings. The maximum absolute atomic E-state index is 11.4. The first-order valence-electron chi connectivity index (χ1n) is 5.76. The number of H-pyrrole nitrogens is 1. The number of fused-ring (bicyclic) bond motifs is 1. The number of nitrogens with one attached hydrogen (secondary N) is 3. The third-order valence-corrected chi connectivity index (χ3v) is 2.69. The van der Waals surface area contributed by atoms with Gasteiger partial charge in [0.15, 0.2) is 0 Å². The van der Waals surface area contributed by atoms with Crippen molar-refractivity contribution >= 4 is 16.8 Å². The summed E-state index contributed by atoms with van der Waals surface area (Å²) in [5.74, 6) is -0.00434. The molecule has 0 bridgehead atoms. The topological polar surface area (TPSA) is 56.9 Å². The van der Waals surface area contributed by atoms with Crippen LogP contribution in [0.5, 0.6) is 0 Å². The number of hydrogen-bond acceptors (Lipinski definition) is 2. The van der Waals surface area contributed by atoms with Crippen molar-refractivity contribution in [3.8, 4) is 0 Å². The van der Waals surface area contributed by atoms with E-state index in [4.69, 9.17) is 0 Å². The second-order valence-electron chi connectivity index (χ2n) is 4.36.